The zero-order valence-corrected chi connectivity index (χ0v) is 7.46. The molecule has 0 aromatic carbocycles. The van der Waals surface area contributed by atoms with E-state index >= 15 is 0 Å². The Bertz CT molecular complexity index is 206. The van der Waals surface area contributed by atoms with Gasteiger partial charge in [-0.05, 0) is 18.9 Å². The van der Waals surface area contributed by atoms with E-state index in [1.807, 2.05) is 0 Å². The predicted molar refractivity (Wildman–Crippen MR) is 47.6 cm³/mol. The van der Waals surface area contributed by atoms with E-state index in [0.717, 1.165) is 5.69 Å². The predicted octanol–water partition coefficient (Wildman–Crippen LogP) is 2.76. The molecule has 0 bridgehead atoms. The fourth-order valence-electron chi connectivity index (χ4n) is 0.805. The van der Waals surface area contributed by atoms with Crippen LogP contribution in [0.5, 0.6) is 0 Å². The summed E-state index contributed by atoms with van der Waals surface area (Å²) in [7, 11) is 0. The highest BCUT2D eigenvalue weighted by atomic mass is 32.1. The highest BCUT2D eigenvalue weighted by Crippen LogP contribution is 2.28. The zero-order valence-electron chi connectivity index (χ0n) is 6.64. The second kappa shape index (κ2) is 2.62. The Morgan fingerprint density at radius 1 is 1.50 bits per heavy atom. The third kappa shape index (κ3) is 1.32. The van der Waals surface area contributed by atoms with Crippen molar-refractivity contribution in [3.8, 4) is 0 Å². The van der Waals surface area contributed by atoms with E-state index in [-0.39, 0.29) is 0 Å². The van der Waals surface area contributed by atoms with Crippen molar-refractivity contribution in [3.63, 3.8) is 0 Å². The Morgan fingerprint density at radius 3 is 2.30 bits per heavy atom. The summed E-state index contributed by atoms with van der Waals surface area (Å²) in [5, 5.41) is 0. The Hall–Kier alpha value is -0.500. The minimum atomic E-state index is 0.612. The summed E-state index contributed by atoms with van der Waals surface area (Å²) in [6, 6.07) is 2.07. The van der Waals surface area contributed by atoms with Crippen LogP contribution >= 0.6 is 11.3 Å². The SMILES string of the molecule is Cc1sc(C(C)C)cc1N. The summed E-state index contributed by atoms with van der Waals surface area (Å²) in [6.07, 6.45) is 0. The molecule has 0 fully saturated rings. The molecule has 1 aromatic heterocycles. The van der Waals surface area contributed by atoms with Crippen LogP contribution < -0.4 is 5.73 Å². The number of nitrogen functional groups attached to an aromatic ring is 1. The van der Waals surface area contributed by atoms with E-state index in [0.29, 0.717) is 5.92 Å². The van der Waals surface area contributed by atoms with Gasteiger partial charge in [0, 0.05) is 15.4 Å². The molecule has 2 N–H and O–H groups in total. The smallest absolute Gasteiger partial charge is 0.0455 e. The zero-order chi connectivity index (χ0) is 7.72. The van der Waals surface area contributed by atoms with Crippen LogP contribution in [0, 0.1) is 6.92 Å². The van der Waals surface area contributed by atoms with Gasteiger partial charge in [-0.25, -0.2) is 0 Å². The van der Waals surface area contributed by atoms with Gasteiger partial charge in [-0.1, -0.05) is 13.8 Å². The fourth-order valence-corrected chi connectivity index (χ4v) is 1.76. The van der Waals surface area contributed by atoms with E-state index in [1.54, 1.807) is 11.3 Å². The molecular formula is C8H13NS. The molecule has 0 aliphatic rings. The lowest BCUT2D eigenvalue weighted by atomic mass is 10.2. The molecule has 0 atom stereocenters. The second-order valence-corrected chi connectivity index (χ2v) is 4.10. The van der Waals surface area contributed by atoms with Gasteiger partial charge in [0.05, 0.1) is 0 Å². The number of aryl methyl sites for hydroxylation is 1. The summed E-state index contributed by atoms with van der Waals surface area (Å²) < 4.78 is 0. The topological polar surface area (TPSA) is 26.0 Å². The summed E-state index contributed by atoms with van der Waals surface area (Å²) in [6.45, 7) is 6.43. The molecule has 0 saturated heterocycles. The normalized spacial score (nSPS) is 10.8. The maximum atomic E-state index is 5.69. The van der Waals surface area contributed by atoms with Crippen molar-refractivity contribution in [3.05, 3.63) is 15.8 Å². The highest BCUT2D eigenvalue weighted by Gasteiger charge is 2.04. The van der Waals surface area contributed by atoms with Crippen molar-refractivity contribution in [2.24, 2.45) is 0 Å². The van der Waals surface area contributed by atoms with Gasteiger partial charge in [-0.3, -0.25) is 0 Å². The van der Waals surface area contributed by atoms with E-state index in [2.05, 4.69) is 26.8 Å². The second-order valence-electron chi connectivity index (χ2n) is 2.81. The van der Waals surface area contributed by atoms with Crippen LogP contribution in [-0.4, -0.2) is 0 Å². The lowest BCUT2D eigenvalue weighted by Crippen LogP contribution is -1.82. The quantitative estimate of drug-likeness (QED) is 0.663. The maximum Gasteiger partial charge on any atom is 0.0455 e. The summed E-state index contributed by atoms with van der Waals surface area (Å²) >= 11 is 1.80. The van der Waals surface area contributed by atoms with Crippen LogP contribution in [0.1, 0.15) is 29.5 Å². The molecule has 1 rings (SSSR count). The standard InChI is InChI=1S/C8H13NS/c1-5(2)8-4-7(9)6(3)10-8/h4-5H,9H2,1-3H3. The van der Waals surface area contributed by atoms with Crippen molar-refractivity contribution < 1.29 is 0 Å². The molecule has 0 aliphatic heterocycles. The van der Waals surface area contributed by atoms with E-state index in [9.17, 15) is 0 Å². The van der Waals surface area contributed by atoms with Crippen molar-refractivity contribution in [2.45, 2.75) is 26.7 Å². The van der Waals surface area contributed by atoms with Crippen molar-refractivity contribution >= 4 is 17.0 Å². The first-order chi connectivity index (χ1) is 4.61. The molecule has 0 aliphatic carbocycles. The van der Waals surface area contributed by atoms with Crippen molar-refractivity contribution in [1.29, 1.82) is 0 Å². The molecule has 0 radical (unpaired) electrons. The van der Waals surface area contributed by atoms with Gasteiger partial charge in [0.2, 0.25) is 0 Å². The van der Waals surface area contributed by atoms with Gasteiger partial charge in [-0.15, -0.1) is 11.3 Å². The highest BCUT2D eigenvalue weighted by molar-refractivity contribution is 7.12. The van der Waals surface area contributed by atoms with E-state index < -0.39 is 0 Å². The summed E-state index contributed by atoms with van der Waals surface area (Å²) in [4.78, 5) is 2.62. The van der Waals surface area contributed by atoms with Gasteiger partial charge >= 0.3 is 0 Å². The number of thiophene rings is 1. The molecule has 0 spiro atoms. The number of rotatable bonds is 1. The van der Waals surface area contributed by atoms with Gasteiger partial charge in [-0.2, -0.15) is 0 Å². The summed E-state index contributed by atoms with van der Waals surface area (Å²) in [5.74, 6) is 0.612. The van der Waals surface area contributed by atoms with Crippen LogP contribution in [0.15, 0.2) is 6.07 Å². The van der Waals surface area contributed by atoms with Crippen LogP contribution in [0.2, 0.25) is 0 Å². The lowest BCUT2D eigenvalue weighted by molar-refractivity contribution is 0.890. The first-order valence-electron chi connectivity index (χ1n) is 3.47. The Balaban J connectivity index is 2.98. The van der Waals surface area contributed by atoms with Gasteiger partial charge in [0.25, 0.3) is 0 Å². The van der Waals surface area contributed by atoms with E-state index in [4.69, 9.17) is 5.73 Å². The van der Waals surface area contributed by atoms with Gasteiger partial charge in [0.1, 0.15) is 0 Å². The Labute approximate surface area is 65.9 Å². The molecule has 2 heteroatoms. The minimum Gasteiger partial charge on any atom is -0.398 e. The first-order valence-corrected chi connectivity index (χ1v) is 4.28. The van der Waals surface area contributed by atoms with Crippen LogP contribution in [-0.2, 0) is 0 Å². The molecule has 0 saturated carbocycles. The van der Waals surface area contributed by atoms with Crippen LogP contribution in [0.4, 0.5) is 5.69 Å². The maximum absolute atomic E-state index is 5.69. The van der Waals surface area contributed by atoms with E-state index in [1.165, 1.54) is 9.75 Å². The number of nitrogens with two attached hydrogens (primary N) is 1. The van der Waals surface area contributed by atoms with Gasteiger partial charge in [0.15, 0.2) is 0 Å². The summed E-state index contributed by atoms with van der Waals surface area (Å²) in [5.41, 5.74) is 6.63. The van der Waals surface area contributed by atoms with Crippen molar-refractivity contribution in [1.82, 2.24) is 0 Å². The monoisotopic (exact) mass is 155 g/mol. The third-order valence-electron chi connectivity index (χ3n) is 1.54. The molecule has 10 heavy (non-hydrogen) atoms. The average molecular weight is 155 g/mol. The minimum absolute atomic E-state index is 0.612. The number of hydrogen-bond donors (Lipinski definition) is 1. The molecule has 1 nitrogen and oxygen atoms in total. The lowest BCUT2D eigenvalue weighted by Gasteiger charge is -1.96. The molecule has 56 valence electrons. The largest absolute Gasteiger partial charge is 0.398 e. The Morgan fingerprint density at radius 2 is 2.10 bits per heavy atom. The number of hydrogen-bond acceptors (Lipinski definition) is 2. The molecule has 1 aromatic rings. The van der Waals surface area contributed by atoms with Crippen LogP contribution in [0.25, 0.3) is 0 Å². The molecule has 0 amide bonds. The first kappa shape index (κ1) is 7.61. The fraction of sp³-hybridized carbons (Fsp3) is 0.500. The molecule has 0 unspecified atom stereocenters. The molecule has 1 heterocycles. The average Bonchev–Trinajstić information content (AvgIpc) is 2.13. The third-order valence-corrected chi connectivity index (χ3v) is 2.91. The Kier molecular flexibility index (Phi) is 2.00. The van der Waals surface area contributed by atoms with Crippen molar-refractivity contribution in [2.75, 3.05) is 5.73 Å². The van der Waals surface area contributed by atoms with Gasteiger partial charge < -0.3 is 5.73 Å². The molecular weight excluding hydrogens is 142 g/mol. The van der Waals surface area contributed by atoms with Crippen LogP contribution in [0.3, 0.4) is 0 Å². The number of anilines is 1.